The Kier molecular flexibility index (Phi) is 5.71. The van der Waals surface area contributed by atoms with E-state index in [9.17, 15) is 9.59 Å². The molecule has 0 unspecified atom stereocenters. The van der Waals surface area contributed by atoms with Crippen LogP contribution in [0.25, 0.3) is 0 Å². The summed E-state index contributed by atoms with van der Waals surface area (Å²) in [5, 5.41) is 2.90. The minimum absolute atomic E-state index is 0.0149. The number of nitrogens with one attached hydrogen (secondary N) is 1. The van der Waals surface area contributed by atoms with E-state index in [2.05, 4.69) is 17.3 Å². The van der Waals surface area contributed by atoms with Crippen LogP contribution in [0.4, 0.5) is 5.69 Å². The lowest BCUT2D eigenvalue weighted by molar-refractivity contribution is -0.119. The Balaban J connectivity index is 1.59. The molecule has 2 amide bonds. The maximum Gasteiger partial charge on any atom is 0.253 e. The summed E-state index contributed by atoms with van der Waals surface area (Å²) in [5.41, 5.74) is 1.37. The molecule has 0 bridgehead atoms. The number of amides is 2. The average Bonchev–Trinajstić information content (AvgIpc) is 3.16. The fourth-order valence-corrected chi connectivity index (χ4v) is 3.51. The molecule has 6 nitrogen and oxygen atoms in total. The van der Waals surface area contributed by atoms with Gasteiger partial charge >= 0.3 is 0 Å². The van der Waals surface area contributed by atoms with Crippen LogP contribution in [0, 0.1) is 5.92 Å². The van der Waals surface area contributed by atoms with Gasteiger partial charge in [-0.1, -0.05) is 0 Å². The van der Waals surface area contributed by atoms with Crippen LogP contribution in [-0.2, 0) is 9.53 Å². The molecular formula is C19H27N3O3. The topological polar surface area (TPSA) is 61.9 Å². The van der Waals surface area contributed by atoms with E-state index in [1.807, 2.05) is 11.9 Å². The van der Waals surface area contributed by atoms with Crippen molar-refractivity contribution in [2.24, 2.45) is 5.92 Å². The van der Waals surface area contributed by atoms with Gasteiger partial charge in [0.2, 0.25) is 5.91 Å². The van der Waals surface area contributed by atoms with Crippen molar-refractivity contribution in [3.05, 3.63) is 29.8 Å². The first-order chi connectivity index (χ1) is 12.0. The predicted octanol–water partition coefficient (Wildman–Crippen LogP) is 1.83. The van der Waals surface area contributed by atoms with E-state index < -0.39 is 0 Å². The molecule has 2 fully saturated rings. The number of piperidine rings is 1. The minimum Gasteiger partial charge on any atom is -0.381 e. The van der Waals surface area contributed by atoms with Crippen molar-refractivity contribution in [2.75, 3.05) is 45.7 Å². The molecule has 1 aromatic carbocycles. The lowest BCUT2D eigenvalue weighted by Crippen LogP contribution is -2.47. The predicted molar refractivity (Wildman–Crippen MR) is 96.6 cm³/mol. The van der Waals surface area contributed by atoms with Gasteiger partial charge in [0.05, 0.1) is 12.5 Å². The first kappa shape index (κ1) is 17.9. The lowest BCUT2D eigenvalue weighted by Gasteiger charge is -2.35. The summed E-state index contributed by atoms with van der Waals surface area (Å²) >= 11 is 0. The molecule has 1 aromatic rings. The number of ether oxygens (including phenoxy) is 1. The number of carbonyl (C=O) groups is 2. The zero-order valence-corrected chi connectivity index (χ0v) is 15.0. The summed E-state index contributed by atoms with van der Waals surface area (Å²) in [5.74, 6) is -0.0583. The van der Waals surface area contributed by atoms with E-state index in [0.717, 1.165) is 32.4 Å². The van der Waals surface area contributed by atoms with Gasteiger partial charge in [-0.05, 0) is 57.1 Å². The molecule has 2 heterocycles. The number of nitrogens with zero attached hydrogens (tertiary/aromatic N) is 2. The van der Waals surface area contributed by atoms with E-state index in [1.54, 1.807) is 24.3 Å². The van der Waals surface area contributed by atoms with Crippen LogP contribution >= 0.6 is 0 Å². The Hall–Kier alpha value is -1.92. The molecule has 2 atom stereocenters. The van der Waals surface area contributed by atoms with E-state index in [0.29, 0.717) is 24.5 Å². The molecule has 0 saturated carbocycles. The van der Waals surface area contributed by atoms with Crippen LogP contribution in [0.15, 0.2) is 24.3 Å². The van der Waals surface area contributed by atoms with Crippen molar-refractivity contribution in [2.45, 2.75) is 25.3 Å². The average molecular weight is 345 g/mol. The van der Waals surface area contributed by atoms with Crippen LogP contribution in [-0.4, -0.2) is 68.1 Å². The summed E-state index contributed by atoms with van der Waals surface area (Å²) in [6, 6.07) is 7.41. The smallest absolute Gasteiger partial charge is 0.253 e. The number of anilines is 1. The molecule has 1 N–H and O–H groups in total. The Labute approximate surface area is 149 Å². The highest BCUT2D eigenvalue weighted by atomic mass is 16.5. The molecule has 25 heavy (non-hydrogen) atoms. The fourth-order valence-electron chi connectivity index (χ4n) is 3.51. The highest BCUT2D eigenvalue weighted by Crippen LogP contribution is 2.19. The Morgan fingerprint density at radius 3 is 2.64 bits per heavy atom. The van der Waals surface area contributed by atoms with Crippen molar-refractivity contribution in [3.63, 3.8) is 0 Å². The number of likely N-dealkylation sites (N-methyl/N-ethyl adjacent to an activating group) is 2. The van der Waals surface area contributed by atoms with Crippen molar-refractivity contribution in [3.8, 4) is 0 Å². The minimum atomic E-state index is -0.0734. The van der Waals surface area contributed by atoms with Gasteiger partial charge < -0.3 is 19.9 Å². The molecule has 2 aliphatic rings. The summed E-state index contributed by atoms with van der Waals surface area (Å²) in [6.07, 6.45) is 2.93. The van der Waals surface area contributed by atoms with Gasteiger partial charge in [0.15, 0.2) is 0 Å². The molecule has 0 aromatic heterocycles. The van der Waals surface area contributed by atoms with Crippen molar-refractivity contribution < 1.29 is 14.3 Å². The van der Waals surface area contributed by atoms with Gasteiger partial charge in [-0.3, -0.25) is 9.59 Å². The summed E-state index contributed by atoms with van der Waals surface area (Å²) in [7, 11) is 3.97. The third kappa shape index (κ3) is 4.38. The normalized spacial score (nSPS) is 24.1. The first-order valence-electron chi connectivity index (χ1n) is 8.99. The van der Waals surface area contributed by atoms with Gasteiger partial charge in [-0.15, -0.1) is 0 Å². The second kappa shape index (κ2) is 7.97. The van der Waals surface area contributed by atoms with Gasteiger partial charge in [0.1, 0.15) is 0 Å². The Bertz CT molecular complexity index is 611. The number of rotatable bonds is 4. The first-order valence-corrected chi connectivity index (χ1v) is 8.99. The largest absolute Gasteiger partial charge is 0.381 e. The molecule has 3 rings (SSSR count). The van der Waals surface area contributed by atoms with E-state index in [1.165, 1.54) is 0 Å². The molecule has 6 heteroatoms. The summed E-state index contributed by atoms with van der Waals surface area (Å²) in [4.78, 5) is 28.9. The van der Waals surface area contributed by atoms with Gasteiger partial charge in [0, 0.05) is 37.5 Å². The standard InChI is InChI=1S/C19H27N3O3/c1-21-10-3-4-17(12-21)22(2)19(24)14-5-7-16(8-6-14)20-18(23)15-9-11-25-13-15/h5-8,15,17H,3-4,9-13H2,1-2H3,(H,20,23)/t15-,17+/m0/s1. The monoisotopic (exact) mass is 345 g/mol. The number of likely N-dealkylation sites (tertiary alicyclic amines) is 1. The third-order valence-electron chi connectivity index (χ3n) is 5.17. The molecule has 2 saturated heterocycles. The van der Waals surface area contributed by atoms with Crippen molar-refractivity contribution in [1.82, 2.24) is 9.80 Å². The van der Waals surface area contributed by atoms with Crippen LogP contribution in [0.2, 0.25) is 0 Å². The second-order valence-corrected chi connectivity index (χ2v) is 7.10. The maximum absolute atomic E-state index is 12.7. The second-order valence-electron chi connectivity index (χ2n) is 7.10. The van der Waals surface area contributed by atoms with Gasteiger partial charge in [-0.25, -0.2) is 0 Å². The zero-order chi connectivity index (χ0) is 17.8. The number of carbonyl (C=O) groups excluding carboxylic acids is 2. The summed E-state index contributed by atoms with van der Waals surface area (Å²) in [6.45, 7) is 3.15. The molecular weight excluding hydrogens is 318 g/mol. The van der Waals surface area contributed by atoms with Crippen LogP contribution in [0.1, 0.15) is 29.6 Å². The third-order valence-corrected chi connectivity index (χ3v) is 5.17. The van der Waals surface area contributed by atoms with Crippen LogP contribution in [0.3, 0.4) is 0 Å². The van der Waals surface area contributed by atoms with Crippen molar-refractivity contribution in [1.29, 1.82) is 0 Å². The van der Waals surface area contributed by atoms with Crippen LogP contribution in [0.5, 0.6) is 0 Å². The number of benzene rings is 1. The van der Waals surface area contributed by atoms with E-state index in [-0.39, 0.29) is 23.8 Å². The summed E-state index contributed by atoms with van der Waals surface area (Å²) < 4.78 is 5.24. The van der Waals surface area contributed by atoms with Gasteiger partial charge in [0.25, 0.3) is 5.91 Å². The van der Waals surface area contributed by atoms with E-state index in [4.69, 9.17) is 4.74 Å². The van der Waals surface area contributed by atoms with E-state index >= 15 is 0 Å². The number of hydrogen-bond acceptors (Lipinski definition) is 4. The zero-order valence-electron chi connectivity index (χ0n) is 15.0. The molecule has 2 aliphatic heterocycles. The number of hydrogen-bond donors (Lipinski definition) is 1. The quantitative estimate of drug-likeness (QED) is 0.904. The highest BCUT2D eigenvalue weighted by Gasteiger charge is 2.26. The molecule has 0 aliphatic carbocycles. The Morgan fingerprint density at radius 1 is 1.24 bits per heavy atom. The highest BCUT2D eigenvalue weighted by molar-refractivity contribution is 5.96. The van der Waals surface area contributed by atoms with Crippen LogP contribution < -0.4 is 5.32 Å². The lowest BCUT2D eigenvalue weighted by atomic mass is 10.0. The SMILES string of the molecule is CN1CCC[C@@H](N(C)C(=O)c2ccc(NC(=O)[C@H]3CCOC3)cc2)C1. The van der Waals surface area contributed by atoms with Crippen molar-refractivity contribution >= 4 is 17.5 Å². The Morgan fingerprint density at radius 2 is 2.00 bits per heavy atom. The molecule has 0 spiro atoms. The molecule has 0 radical (unpaired) electrons. The fraction of sp³-hybridized carbons (Fsp3) is 0.579. The molecule has 136 valence electrons. The maximum atomic E-state index is 12.7. The van der Waals surface area contributed by atoms with Gasteiger partial charge in [-0.2, -0.15) is 0 Å².